The second-order valence-electron chi connectivity index (χ2n) is 7.53. The van der Waals surface area contributed by atoms with Crippen LogP contribution in [0.5, 0.6) is 5.75 Å². The largest absolute Gasteiger partial charge is 0.497 e. The summed E-state index contributed by atoms with van der Waals surface area (Å²) < 4.78 is 26.4. The Hall–Kier alpha value is -3.50. The lowest BCUT2D eigenvalue weighted by atomic mass is 10.0. The van der Waals surface area contributed by atoms with E-state index in [-0.39, 0.29) is 6.10 Å². The van der Waals surface area contributed by atoms with Crippen molar-refractivity contribution in [2.24, 2.45) is 7.05 Å². The monoisotopic (exact) mass is 420 g/mol. The van der Waals surface area contributed by atoms with Crippen LogP contribution in [0.15, 0.2) is 35.1 Å². The van der Waals surface area contributed by atoms with Crippen LogP contribution in [0, 0.1) is 0 Å². The van der Waals surface area contributed by atoms with E-state index in [1.165, 1.54) is 0 Å². The van der Waals surface area contributed by atoms with E-state index in [0.717, 1.165) is 34.0 Å². The van der Waals surface area contributed by atoms with Gasteiger partial charge in [-0.3, -0.25) is 4.68 Å². The number of benzene rings is 1. The molecule has 1 atom stereocenters. The third-order valence-corrected chi connectivity index (χ3v) is 5.58. The summed E-state index contributed by atoms with van der Waals surface area (Å²) in [5.74, 6) is 1.54. The minimum Gasteiger partial charge on any atom is -0.497 e. The average Bonchev–Trinajstić information content (AvgIpc) is 3.51. The lowest BCUT2D eigenvalue weighted by molar-refractivity contribution is -0.0995. The lowest BCUT2D eigenvalue weighted by Gasteiger charge is -2.19. The van der Waals surface area contributed by atoms with Crippen LogP contribution >= 0.6 is 0 Å². The molecule has 2 aliphatic heterocycles. The second kappa shape index (κ2) is 7.03. The molecule has 1 unspecified atom stereocenters. The van der Waals surface area contributed by atoms with Crippen molar-refractivity contribution in [3.05, 3.63) is 47.9 Å². The fraction of sp³-hybridized carbons (Fsp3) is 0.333. The molecule has 4 aromatic rings. The second-order valence-corrected chi connectivity index (χ2v) is 7.53. The molecule has 0 N–H and O–H groups in total. The van der Waals surface area contributed by atoms with Crippen molar-refractivity contribution in [2.45, 2.75) is 12.5 Å². The molecule has 2 aliphatic rings. The number of aryl methyl sites for hydroxylation is 1. The summed E-state index contributed by atoms with van der Waals surface area (Å²) in [5, 5.41) is 13.1. The molecule has 10 heteroatoms. The molecule has 158 valence electrons. The van der Waals surface area contributed by atoms with Gasteiger partial charge in [0.05, 0.1) is 44.0 Å². The Bertz CT molecular complexity index is 1270. The van der Waals surface area contributed by atoms with Crippen LogP contribution in [0.3, 0.4) is 0 Å². The number of hydrogen-bond acceptors (Lipinski definition) is 8. The van der Waals surface area contributed by atoms with E-state index in [9.17, 15) is 0 Å². The highest BCUT2D eigenvalue weighted by molar-refractivity contribution is 5.77. The standard InChI is InChI=1S/C21H20N6O4/c1-26-9-12-7-16-19(21-24-23-20(31-21)17-10-29-5-6-30-17)22-11-27(16)15-4-3-13(28-2)8-14(15)18(12)25-26/h3-4,8-9,11,17H,5-7,10H2,1-2H3. The highest BCUT2D eigenvalue weighted by Gasteiger charge is 2.29. The fourth-order valence-corrected chi connectivity index (χ4v) is 4.14. The van der Waals surface area contributed by atoms with Gasteiger partial charge in [-0.15, -0.1) is 10.2 Å². The molecular formula is C21H20N6O4. The van der Waals surface area contributed by atoms with E-state index in [1.54, 1.807) is 13.4 Å². The molecule has 1 saturated heterocycles. The molecular weight excluding hydrogens is 400 g/mol. The predicted molar refractivity (Wildman–Crippen MR) is 108 cm³/mol. The summed E-state index contributed by atoms with van der Waals surface area (Å²) >= 11 is 0. The number of ether oxygens (including phenoxy) is 3. The molecule has 3 aromatic heterocycles. The Morgan fingerprint density at radius 3 is 2.94 bits per heavy atom. The molecule has 6 rings (SSSR count). The lowest BCUT2D eigenvalue weighted by Crippen LogP contribution is -2.22. The minimum atomic E-state index is -0.352. The van der Waals surface area contributed by atoms with Crippen molar-refractivity contribution in [1.82, 2.24) is 29.5 Å². The van der Waals surface area contributed by atoms with Gasteiger partial charge in [0, 0.05) is 30.8 Å². The van der Waals surface area contributed by atoms with Crippen molar-refractivity contribution in [3.8, 4) is 34.3 Å². The third-order valence-electron chi connectivity index (χ3n) is 5.58. The van der Waals surface area contributed by atoms with E-state index in [0.29, 0.717) is 43.7 Å². The summed E-state index contributed by atoms with van der Waals surface area (Å²) in [7, 11) is 3.58. The molecule has 0 amide bonds. The van der Waals surface area contributed by atoms with Gasteiger partial charge in [0.25, 0.3) is 5.89 Å². The maximum Gasteiger partial charge on any atom is 0.268 e. The Labute approximate surface area is 177 Å². The molecule has 0 bridgehead atoms. The van der Waals surface area contributed by atoms with E-state index < -0.39 is 0 Å². The van der Waals surface area contributed by atoms with Crippen molar-refractivity contribution in [3.63, 3.8) is 0 Å². The SMILES string of the molecule is COc1ccc2c(c1)-c1nn(C)cc1Cc1c(-c3nnc(C4COCCO4)o3)ncn1-2. The van der Waals surface area contributed by atoms with E-state index >= 15 is 0 Å². The maximum atomic E-state index is 5.95. The molecule has 0 aliphatic carbocycles. The summed E-state index contributed by atoms with van der Waals surface area (Å²) in [6.45, 7) is 1.48. The van der Waals surface area contributed by atoms with Gasteiger partial charge in [-0.2, -0.15) is 5.10 Å². The molecule has 1 fully saturated rings. The Morgan fingerprint density at radius 2 is 2.10 bits per heavy atom. The van der Waals surface area contributed by atoms with Gasteiger partial charge >= 0.3 is 0 Å². The number of nitrogens with zero attached hydrogens (tertiary/aromatic N) is 6. The first-order chi connectivity index (χ1) is 15.2. The van der Waals surface area contributed by atoms with Crippen molar-refractivity contribution in [1.29, 1.82) is 0 Å². The molecule has 0 spiro atoms. The van der Waals surface area contributed by atoms with Gasteiger partial charge in [-0.05, 0) is 18.2 Å². The van der Waals surface area contributed by atoms with Crippen LogP contribution in [0.1, 0.15) is 23.3 Å². The van der Waals surface area contributed by atoms with Crippen LogP contribution in [0.4, 0.5) is 0 Å². The molecule has 5 heterocycles. The van der Waals surface area contributed by atoms with E-state index in [1.807, 2.05) is 36.1 Å². The fourth-order valence-electron chi connectivity index (χ4n) is 4.14. The Morgan fingerprint density at radius 1 is 1.16 bits per heavy atom. The van der Waals surface area contributed by atoms with Crippen LogP contribution in [-0.4, -0.2) is 56.5 Å². The summed E-state index contributed by atoms with van der Waals surface area (Å²) in [4.78, 5) is 4.63. The van der Waals surface area contributed by atoms with Gasteiger partial charge in [-0.25, -0.2) is 4.98 Å². The highest BCUT2D eigenvalue weighted by Crippen LogP contribution is 2.39. The number of hydrogen-bond donors (Lipinski definition) is 0. The number of fused-ring (bicyclic) bond motifs is 5. The average molecular weight is 420 g/mol. The number of aromatic nitrogens is 6. The normalized spacial score (nSPS) is 17.5. The van der Waals surface area contributed by atoms with Crippen molar-refractivity contribution >= 4 is 0 Å². The smallest absolute Gasteiger partial charge is 0.268 e. The molecule has 0 saturated carbocycles. The Kier molecular flexibility index (Phi) is 4.15. The Balaban J connectivity index is 1.48. The molecule has 1 aromatic carbocycles. The number of rotatable bonds is 3. The van der Waals surface area contributed by atoms with Crippen LogP contribution in [0.25, 0.3) is 28.5 Å². The first-order valence-corrected chi connectivity index (χ1v) is 10.0. The van der Waals surface area contributed by atoms with Crippen LogP contribution in [0.2, 0.25) is 0 Å². The molecule has 0 radical (unpaired) electrons. The molecule has 31 heavy (non-hydrogen) atoms. The zero-order valence-corrected chi connectivity index (χ0v) is 17.1. The first kappa shape index (κ1) is 18.3. The van der Waals surface area contributed by atoms with Gasteiger partial charge in [0.15, 0.2) is 6.10 Å². The van der Waals surface area contributed by atoms with Gasteiger partial charge in [-0.1, -0.05) is 0 Å². The van der Waals surface area contributed by atoms with Crippen LogP contribution < -0.4 is 4.74 Å². The van der Waals surface area contributed by atoms with Gasteiger partial charge < -0.3 is 23.2 Å². The maximum absolute atomic E-state index is 5.95. The number of methoxy groups -OCH3 is 1. The summed E-state index contributed by atoms with van der Waals surface area (Å²) in [5.41, 5.74) is 5.56. The third kappa shape index (κ3) is 2.94. The first-order valence-electron chi connectivity index (χ1n) is 10.0. The van der Waals surface area contributed by atoms with E-state index in [4.69, 9.17) is 23.7 Å². The number of imidazole rings is 1. The van der Waals surface area contributed by atoms with Crippen molar-refractivity contribution in [2.75, 3.05) is 26.9 Å². The van der Waals surface area contributed by atoms with Crippen molar-refractivity contribution < 1.29 is 18.6 Å². The minimum absolute atomic E-state index is 0.352. The molecule has 10 nitrogen and oxygen atoms in total. The van der Waals surface area contributed by atoms with E-state index in [2.05, 4.69) is 19.7 Å². The zero-order chi connectivity index (χ0) is 20.9. The summed E-state index contributed by atoms with van der Waals surface area (Å²) in [6, 6.07) is 5.95. The summed E-state index contributed by atoms with van der Waals surface area (Å²) in [6.07, 6.45) is 4.08. The van der Waals surface area contributed by atoms with Crippen LogP contribution in [-0.2, 0) is 22.9 Å². The quantitative estimate of drug-likeness (QED) is 0.438. The zero-order valence-electron chi connectivity index (χ0n) is 17.1. The van der Waals surface area contributed by atoms with Gasteiger partial charge in [0.1, 0.15) is 17.8 Å². The predicted octanol–water partition coefficient (Wildman–Crippen LogP) is 2.32. The topological polar surface area (TPSA) is 102 Å². The highest BCUT2D eigenvalue weighted by atomic mass is 16.6. The van der Waals surface area contributed by atoms with Gasteiger partial charge in [0.2, 0.25) is 5.89 Å².